The molecule has 6 nitrogen and oxygen atoms in total. The molecule has 0 aliphatic rings. The van der Waals surface area contributed by atoms with Crippen molar-refractivity contribution in [2.24, 2.45) is 0 Å². The number of amides is 1. The smallest absolute Gasteiger partial charge is 0.254 e. The van der Waals surface area contributed by atoms with Gasteiger partial charge in [0, 0.05) is 18.2 Å². The van der Waals surface area contributed by atoms with Gasteiger partial charge in [0.05, 0.1) is 19.1 Å². The Bertz CT molecular complexity index is 1000. The number of aromatic nitrogens is 2. The van der Waals surface area contributed by atoms with Crippen LogP contribution >= 0.6 is 0 Å². The van der Waals surface area contributed by atoms with Gasteiger partial charge in [-0.05, 0) is 29.8 Å². The van der Waals surface area contributed by atoms with Crippen molar-refractivity contribution >= 4 is 5.91 Å². The molecule has 1 N–H and O–H groups in total. The Labute approximate surface area is 155 Å². The molecule has 1 aromatic heterocycles. The molecule has 7 heteroatoms. The number of hydrogen-bond donors (Lipinski definition) is 1. The Morgan fingerprint density at radius 2 is 1.93 bits per heavy atom. The van der Waals surface area contributed by atoms with E-state index in [0.717, 1.165) is 11.3 Å². The fourth-order valence-electron chi connectivity index (χ4n) is 2.52. The lowest BCUT2D eigenvalue weighted by molar-refractivity contribution is -0.121. The van der Waals surface area contributed by atoms with Crippen molar-refractivity contribution in [3.05, 3.63) is 82.7 Å². The number of carbonyl (C=O) groups excluding carboxylic acids is 1. The molecular weight excluding hydrogens is 349 g/mol. The summed E-state index contributed by atoms with van der Waals surface area (Å²) in [5.74, 6) is -0.0506. The Morgan fingerprint density at radius 3 is 2.59 bits per heavy atom. The van der Waals surface area contributed by atoms with Gasteiger partial charge in [0.25, 0.3) is 5.56 Å². The van der Waals surface area contributed by atoms with E-state index in [-0.39, 0.29) is 23.7 Å². The number of halogens is 1. The van der Waals surface area contributed by atoms with E-state index < -0.39 is 11.4 Å². The predicted molar refractivity (Wildman–Crippen MR) is 98.7 cm³/mol. The predicted octanol–water partition coefficient (Wildman–Crippen LogP) is 2.37. The maximum Gasteiger partial charge on any atom is 0.254 e. The summed E-state index contributed by atoms with van der Waals surface area (Å²) < 4.78 is 20.1. The molecule has 0 spiro atoms. The zero-order chi connectivity index (χ0) is 19.2. The number of methoxy groups -OCH3 is 1. The number of carbonyl (C=O) groups is 1. The molecule has 0 saturated heterocycles. The van der Waals surface area contributed by atoms with Gasteiger partial charge in [0.15, 0.2) is 0 Å². The highest BCUT2D eigenvalue weighted by Crippen LogP contribution is 2.18. The van der Waals surface area contributed by atoms with Crippen LogP contribution in [0.5, 0.6) is 5.75 Å². The number of benzene rings is 2. The molecule has 3 rings (SSSR count). The first-order chi connectivity index (χ1) is 13.1. The number of hydrogen-bond acceptors (Lipinski definition) is 4. The summed E-state index contributed by atoms with van der Waals surface area (Å²) in [4.78, 5) is 28.4. The third-order valence-corrected chi connectivity index (χ3v) is 3.99. The summed E-state index contributed by atoms with van der Waals surface area (Å²) in [6, 6.07) is 14.6. The molecule has 1 amide bonds. The monoisotopic (exact) mass is 367 g/mol. The molecule has 27 heavy (non-hydrogen) atoms. The van der Waals surface area contributed by atoms with Crippen molar-refractivity contribution in [2.45, 2.75) is 13.1 Å². The van der Waals surface area contributed by atoms with E-state index in [0.29, 0.717) is 6.54 Å². The Hall–Kier alpha value is -3.48. The molecule has 0 radical (unpaired) electrons. The third-order valence-electron chi connectivity index (χ3n) is 3.99. The normalized spacial score (nSPS) is 10.4. The SMILES string of the molecule is COc1ccc(CNC(=O)Cn2cnc(-c3ccccc3F)cc2=O)cc1. The molecular formula is C20H18FN3O3. The van der Waals surface area contributed by atoms with Crippen molar-refractivity contribution in [3.63, 3.8) is 0 Å². The van der Waals surface area contributed by atoms with Gasteiger partial charge in [-0.1, -0.05) is 24.3 Å². The third kappa shape index (κ3) is 4.58. The minimum atomic E-state index is -0.459. The van der Waals surface area contributed by atoms with Crippen LogP contribution in [0.1, 0.15) is 5.56 Å². The van der Waals surface area contributed by atoms with Gasteiger partial charge in [-0.3, -0.25) is 14.2 Å². The largest absolute Gasteiger partial charge is 0.497 e. The van der Waals surface area contributed by atoms with Crippen LogP contribution in [-0.2, 0) is 17.9 Å². The average molecular weight is 367 g/mol. The Morgan fingerprint density at radius 1 is 1.19 bits per heavy atom. The lowest BCUT2D eigenvalue weighted by Crippen LogP contribution is -2.31. The van der Waals surface area contributed by atoms with Gasteiger partial charge in [0.2, 0.25) is 5.91 Å². The number of nitrogens with one attached hydrogen (secondary N) is 1. The van der Waals surface area contributed by atoms with E-state index in [9.17, 15) is 14.0 Å². The van der Waals surface area contributed by atoms with Crippen LogP contribution in [0.4, 0.5) is 4.39 Å². The minimum Gasteiger partial charge on any atom is -0.497 e. The molecule has 2 aromatic carbocycles. The first-order valence-electron chi connectivity index (χ1n) is 8.28. The van der Waals surface area contributed by atoms with E-state index in [1.165, 1.54) is 23.0 Å². The zero-order valence-electron chi connectivity index (χ0n) is 14.7. The van der Waals surface area contributed by atoms with E-state index in [2.05, 4.69) is 10.3 Å². The molecule has 138 valence electrons. The van der Waals surface area contributed by atoms with Gasteiger partial charge in [-0.15, -0.1) is 0 Å². The van der Waals surface area contributed by atoms with Crippen LogP contribution in [0.3, 0.4) is 0 Å². The van der Waals surface area contributed by atoms with Gasteiger partial charge < -0.3 is 10.1 Å². The fourth-order valence-corrected chi connectivity index (χ4v) is 2.52. The van der Waals surface area contributed by atoms with Crippen LogP contribution in [0, 0.1) is 5.82 Å². The average Bonchev–Trinajstić information content (AvgIpc) is 2.69. The molecule has 0 aliphatic carbocycles. The Kier molecular flexibility index (Phi) is 5.61. The number of nitrogens with zero attached hydrogens (tertiary/aromatic N) is 2. The lowest BCUT2D eigenvalue weighted by Gasteiger charge is -2.09. The molecule has 0 fully saturated rings. The molecule has 0 aliphatic heterocycles. The van der Waals surface area contributed by atoms with Crippen molar-refractivity contribution in [1.29, 1.82) is 0 Å². The second-order valence-electron chi connectivity index (χ2n) is 5.84. The summed E-state index contributed by atoms with van der Waals surface area (Å²) in [5, 5.41) is 2.74. The molecule has 0 unspecified atom stereocenters. The minimum absolute atomic E-state index is 0.167. The van der Waals surface area contributed by atoms with Crippen molar-refractivity contribution < 1.29 is 13.9 Å². The number of ether oxygens (including phenoxy) is 1. The van der Waals surface area contributed by atoms with Crippen LogP contribution in [0.25, 0.3) is 11.3 Å². The summed E-state index contributed by atoms with van der Waals surface area (Å²) in [6.07, 6.45) is 1.25. The van der Waals surface area contributed by atoms with Crippen LogP contribution in [0.2, 0.25) is 0 Å². The lowest BCUT2D eigenvalue weighted by atomic mass is 10.1. The fraction of sp³-hybridized carbons (Fsp3) is 0.150. The molecule has 1 heterocycles. The molecule has 3 aromatic rings. The van der Waals surface area contributed by atoms with Crippen molar-refractivity contribution in [1.82, 2.24) is 14.9 Å². The van der Waals surface area contributed by atoms with Crippen LogP contribution < -0.4 is 15.6 Å². The summed E-state index contributed by atoms with van der Waals surface area (Å²) in [6.45, 7) is 0.165. The van der Waals surface area contributed by atoms with Gasteiger partial charge in [-0.25, -0.2) is 9.37 Å². The highest BCUT2D eigenvalue weighted by atomic mass is 19.1. The second-order valence-corrected chi connectivity index (χ2v) is 5.84. The number of rotatable bonds is 6. The second kappa shape index (κ2) is 8.27. The Balaban J connectivity index is 1.64. The molecule has 0 bridgehead atoms. The standard InChI is InChI=1S/C20H18FN3O3/c1-27-15-8-6-14(7-9-15)11-22-19(25)12-24-13-23-18(10-20(24)26)16-4-2-3-5-17(16)21/h2-10,13H,11-12H2,1H3,(H,22,25). The first-order valence-corrected chi connectivity index (χ1v) is 8.28. The maximum absolute atomic E-state index is 13.8. The van der Waals surface area contributed by atoms with E-state index in [1.807, 2.05) is 12.1 Å². The van der Waals surface area contributed by atoms with Crippen molar-refractivity contribution in [2.75, 3.05) is 7.11 Å². The molecule has 0 atom stereocenters. The van der Waals surface area contributed by atoms with Crippen LogP contribution in [0.15, 0.2) is 65.7 Å². The molecule has 0 saturated carbocycles. The van der Waals surface area contributed by atoms with Gasteiger partial charge >= 0.3 is 0 Å². The van der Waals surface area contributed by atoms with E-state index >= 15 is 0 Å². The van der Waals surface area contributed by atoms with E-state index in [1.54, 1.807) is 37.4 Å². The zero-order valence-corrected chi connectivity index (χ0v) is 14.7. The summed E-state index contributed by atoms with van der Waals surface area (Å²) in [5.41, 5.74) is 0.950. The van der Waals surface area contributed by atoms with E-state index in [4.69, 9.17) is 4.74 Å². The highest BCUT2D eigenvalue weighted by Gasteiger charge is 2.09. The summed E-state index contributed by atoms with van der Waals surface area (Å²) in [7, 11) is 1.58. The maximum atomic E-state index is 13.8. The highest BCUT2D eigenvalue weighted by molar-refractivity contribution is 5.75. The summed E-state index contributed by atoms with van der Waals surface area (Å²) >= 11 is 0. The topological polar surface area (TPSA) is 73.2 Å². The first kappa shape index (κ1) is 18.3. The van der Waals surface area contributed by atoms with Gasteiger partial charge in [-0.2, -0.15) is 0 Å². The van der Waals surface area contributed by atoms with Gasteiger partial charge in [0.1, 0.15) is 18.1 Å². The quantitative estimate of drug-likeness (QED) is 0.726. The van der Waals surface area contributed by atoms with Crippen molar-refractivity contribution in [3.8, 4) is 17.0 Å². The van der Waals surface area contributed by atoms with Crippen LogP contribution in [-0.4, -0.2) is 22.6 Å².